The van der Waals surface area contributed by atoms with Gasteiger partial charge in [0.1, 0.15) is 11.5 Å². The normalized spacial score (nSPS) is 12.2. The van der Waals surface area contributed by atoms with Gasteiger partial charge in [0.25, 0.3) is 0 Å². The SMILES string of the molecule is CCc1ccccc1Oc1ccc([C@@H](N)CC)nc1. The maximum Gasteiger partial charge on any atom is 0.145 e. The Morgan fingerprint density at radius 3 is 2.58 bits per heavy atom. The number of aryl methyl sites for hydroxylation is 1. The molecule has 0 aliphatic heterocycles. The number of para-hydroxylation sites is 1. The summed E-state index contributed by atoms with van der Waals surface area (Å²) in [5.74, 6) is 1.63. The third-order valence-electron chi connectivity index (χ3n) is 3.16. The number of benzene rings is 1. The number of pyridine rings is 1. The van der Waals surface area contributed by atoms with E-state index >= 15 is 0 Å². The summed E-state index contributed by atoms with van der Waals surface area (Å²) >= 11 is 0. The van der Waals surface area contributed by atoms with Gasteiger partial charge in [-0.2, -0.15) is 0 Å². The van der Waals surface area contributed by atoms with Gasteiger partial charge in [0.15, 0.2) is 0 Å². The highest BCUT2D eigenvalue weighted by Gasteiger charge is 2.06. The summed E-state index contributed by atoms with van der Waals surface area (Å²) in [4.78, 5) is 4.35. The lowest BCUT2D eigenvalue weighted by Crippen LogP contribution is -2.10. The predicted octanol–water partition coefficient (Wildman–Crippen LogP) is 3.85. The molecule has 0 saturated heterocycles. The second kappa shape index (κ2) is 6.34. The van der Waals surface area contributed by atoms with Crippen molar-refractivity contribution in [1.29, 1.82) is 0 Å². The van der Waals surface area contributed by atoms with Gasteiger partial charge in [-0.15, -0.1) is 0 Å². The van der Waals surface area contributed by atoms with Gasteiger partial charge in [-0.1, -0.05) is 32.0 Å². The van der Waals surface area contributed by atoms with E-state index in [1.165, 1.54) is 5.56 Å². The highest BCUT2D eigenvalue weighted by molar-refractivity contribution is 5.37. The minimum absolute atomic E-state index is 0.00280. The Kier molecular flexibility index (Phi) is 4.53. The van der Waals surface area contributed by atoms with E-state index in [0.29, 0.717) is 0 Å². The number of nitrogens with two attached hydrogens (primary N) is 1. The van der Waals surface area contributed by atoms with Crippen LogP contribution in [0.3, 0.4) is 0 Å². The molecule has 0 spiro atoms. The first-order valence-electron chi connectivity index (χ1n) is 6.71. The van der Waals surface area contributed by atoms with Crippen LogP contribution in [0.1, 0.15) is 37.6 Å². The monoisotopic (exact) mass is 256 g/mol. The molecule has 0 aliphatic rings. The Hall–Kier alpha value is -1.87. The Balaban J connectivity index is 2.15. The minimum Gasteiger partial charge on any atom is -0.455 e. The zero-order valence-corrected chi connectivity index (χ0v) is 11.5. The zero-order chi connectivity index (χ0) is 13.7. The third kappa shape index (κ3) is 3.32. The van der Waals surface area contributed by atoms with Gasteiger partial charge in [0, 0.05) is 6.04 Å². The van der Waals surface area contributed by atoms with Gasteiger partial charge in [-0.05, 0) is 36.6 Å². The molecule has 2 N–H and O–H groups in total. The van der Waals surface area contributed by atoms with Crippen LogP contribution in [0, 0.1) is 0 Å². The molecule has 1 atom stereocenters. The van der Waals surface area contributed by atoms with Crippen molar-refractivity contribution in [1.82, 2.24) is 4.98 Å². The summed E-state index contributed by atoms with van der Waals surface area (Å²) in [6.45, 7) is 4.16. The second-order valence-electron chi connectivity index (χ2n) is 4.50. The van der Waals surface area contributed by atoms with Crippen molar-refractivity contribution >= 4 is 0 Å². The maximum absolute atomic E-state index is 5.94. The van der Waals surface area contributed by atoms with Gasteiger partial charge < -0.3 is 10.5 Å². The maximum atomic E-state index is 5.94. The van der Waals surface area contributed by atoms with Gasteiger partial charge in [-0.3, -0.25) is 4.98 Å². The first kappa shape index (κ1) is 13.6. The van der Waals surface area contributed by atoms with Gasteiger partial charge in [-0.25, -0.2) is 0 Å². The predicted molar refractivity (Wildman–Crippen MR) is 77.4 cm³/mol. The van der Waals surface area contributed by atoms with Crippen LogP contribution in [0.5, 0.6) is 11.5 Å². The molecule has 19 heavy (non-hydrogen) atoms. The lowest BCUT2D eigenvalue weighted by atomic mass is 10.1. The number of ether oxygens (including phenoxy) is 1. The smallest absolute Gasteiger partial charge is 0.145 e. The number of aromatic nitrogens is 1. The summed E-state index contributed by atoms with van der Waals surface area (Å²) in [7, 11) is 0. The van der Waals surface area contributed by atoms with E-state index in [-0.39, 0.29) is 6.04 Å². The quantitative estimate of drug-likeness (QED) is 0.884. The first-order valence-corrected chi connectivity index (χ1v) is 6.71. The molecule has 3 nitrogen and oxygen atoms in total. The molecule has 0 fully saturated rings. The van der Waals surface area contributed by atoms with Crippen LogP contribution in [-0.2, 0) is 6.42 Å². The van der Waals surface area contributed by atoms with E-state index in [1.54, 1.807) is 6.20 Å². The van der Waals surface area contributed by atoms with Crippen molar-refractivity contribution in [2.24, 2.45) is 5.73 Å². The zero-order valence-electron chi connectivity index (χ0n) is 11.5. The van der Waals surface area contributed by atoms with E-state index in [0.717, 1.165) is 30.0 Å². The topological polar surface area (TPSA) is 48.1 Å². The lowest BCUT2D eigenvalue weighted by molar-refractivity contribution is 0.473. The highest BCUT2D eigenvalue weighted by atomic mass is 16.5. The Morgan fingerprint density at radius 2 is 1.95 bits per heavy atom. The van der Waals surface area contributed by atoms with Gasteiger partial charge in [0.05, 0.1) is 11.9 Å². The van der Waals surface area contributed by atoms with E-state index < -0.39 is 0 Å². The molecule has 0 saturated carbocycles. The van der Waals surface area contributed by atoms with E-state index in [1.807, 2.05) is 37.3 Å². The van der Waals surface area contributed by atoms with Crippen LogP contribution in [0.2, 0.25) is 0 Å². The lowest BCUT2D eigenvalue weighted by Gasteiger charge is -2.11. The fraction of sp³-hybridized carbons (Fsp3) is 0.312. The fourth-order valence-corrected chi connectivity index (χ4v) is 1.90. The summed E-state index contributed by atoms with van der Waals surface area (Å²) < 4.78 is 5.87. The molecule has 1 aromatic heterocycles. The molecule has 3 heteroatoms. The van der Waals surface area contributed by atoms with Crippen molar-refractivity contribution in [3.05, 3.63) is 53.9 Å². The molecule has 0 amide bonds. The van der Waals surface area contributed by atoms with E-state index in [4.69, 9.17) is 10.5 Å². The summed E-state index contributed by atoms with van der Waals surface area (Å²) in [6, 6.07) is 11.9. The highest BCUT2D eigenvalue weighted by Crippen LogP contribution is 2.25. The number of nitrogens with zero attached hydrogens (tertiary/aromatic N) is 1. The summed E-state index contributed by atoms with van der Waals surface area (Å²) in [5, 5.41) is 0. The van der Waals surface area contributed by atoms with Gasteiger partial charge >= 0.3 is 0 Å². The Bertz CT molecular complexity index is 523. The molecule has 0 unspecified atom stereocenters. The second-order valence-corrected chi connectivity index (χ2v) is 4.50. The Morgan fingerprint density at radius 1 is 1.16 bits per heavy atom. The molecule has 2 aromatic rings. The average molecular weight is 256 g/mol. The van der Waals surface area contributed by atoms with Crippen LogP contribution in [-0.4, -0.2) is 4.98 Å². The van der Waals surface area contributed by atoms with E-state index in [2.05, 4.69) is 18.0 Å². The number of rotatable bonds is 5. The molecule has 2 rings (SSSR count). The first-order chi connectivity index (χ1) is 9.24. The fourth-order valence-electron chi connectivity index (χ4n) is 1.90. The van der Waals surface area contributed by atoms with Crippen molar-refractivity contribution in [2.75, 3.05) is 0 Å². The van der Waals surface area contributed by atoms with Crippen LogP contribution in [0.25, 0.3) is 0 Å². The van der Waals surface area contributed by atoms with Crippen LogP contribution >= 0.6 is 0 Å². The number of hydrogen-bond acceptors (Lipinski definition) is 3. The van der Waals surface area contributed by atoms with Gasteiger partial charge in [0.2, 0.25) is 0 Å². The molecule has 0 bridgehead atoms. The number of hydrogen-bond donors (Lipinski definition) is 1. The Labute approximate surface area is 114 Å². The molecule has 1 aromatic carbocycles. The average Bonchev–Trinajstić information content (AvgIpc) is 2.48. The van der Waals surface area contributed by atoms with Crippen LogP contribution in [0.15, 0.2) is 42.6 Å². The molecule has 0 radical (unpaired) electrons. The molecular formula is C16H20N2O. The summed E-state index contributed by atoms with van der Waals surface area (Å²) in [6.07, 6.45) is 3.56. The minimum atomic E-state index is -0.00280. The third-order valence-corrected chi connectivity index (χ3v) is 3.16. The molecule has 100 valence electrons. The largest absolute Gasteiger partial charge is 0.455 e. The van der Waals surface area contributed by atoms with Crippen molar-refractivity contribution < 1.29 is 4.74 Å². The van der Waals surface area contributed by atoms with Crippen LogP contribution < -0.4 is 10.5 Å². The van der Waals surface area contributed by atoms with Crippen molar-refractivity contribution in [3.8, 4) is 11.5 Å². The van der Waals surface area contributed by atoms with Crippen molar-refractivity contribution in [3.63, 3.8) is 0 Å². The standard InChI is InChI=1S/C16H20N2O/c1-3-12-7-5-6-8-16(12)19-13-9-10-15(18-11-13)14(17)4-2/h5-11,14H,3-4,17H2,1-2H3/t14-/m0/s1. The molecular weight excluding hydrogens is 236 g/mol. The van der Waals surface area contributed by atoms with Crippen molar-refractivity contribution in [2.45, 2.75) is 32.7 Å². The summed E-state index contributed by atoms with van der Waals surface area (Å²) in [5.41, 5.74) is 8.03. The van der Waals surface area contributed by atoms with Crippen LogP contribution in [0.4, 0.5) is 0 Å². The van der Waals surface area contributed by atoms with E-state index in [9.17, 15) is 0 Å². The molecule has 1 heterocycles. The molecule has 0 aliphatic carbocycles.